The topological polar surface area (TPSA) is 68.9 Å². The number of anilines is 1. The lowest BCUT2D eigenvalue weighted by Crippen LogP contribution is -2.28. The molecule has 1 fully saturated rings. The van der Waals surface area contributed by atoms with E-state index in [1.54, 1.807) is 12.3 Å². The molecule has 1 aliphatic carbocycles. The Labute approximate surface area is 102 Å². The van der Waals surface area contributed by atoms with E-state index in [-0.39, 0.29) is 12.1 Å². The molecule has 0 radical (unpaired) electrons. The molecular weight excluding hydrogens is 270 g/mol. The predicted molar refractivity (Wildman–Crippen MR) is 63.9 cm³/mol. The van der Waals surface area contributed by atoms with Crippen LogP contribution < -0.4 is 5.32 Å². The molecule has 0 spiro atoms. The first-order chi connectivity index (χ1) is 7.70. The summed E-state index contributed by atoms with van der Waals surface area (Å²) in [5.41, 5.74) is 0.494. The van der Waals surface area contributed by atoms with Crippen molar-refractivity contribution in [3.8, 4) is 6.07 Å². The first kappa shape index (κ1) is 11.4. The third-order valence-corrected chi connectivity index (χ3v) is 3.21. The number of pyridine rings is 1. The lowest BCUT2D eigenvalue weighted by molar-refractivity contribution is 0.171. The zero-order valence-corrected chi connectivity index (χ0v) is 10.2. The molecular formula is C11H12BrN3O. The maximum absolute atomic E-state index is 9.69. The Morgan fingerprint density at radius 1 is 1.56 bits per heavy atom. The molecule has 84 valence electrons. The van der Waals surface area contributed by atoms with Crippen molar-refractivity contribution in [2.75, 3.05) is 5.32 Å². The van der Waals surface area contributed by atoms with Crippen LogP contribution in [0.1, 0.15) is 24.8 Å². The lowest BCUT2D eigenvalue weighted by atomic mass is 10.2. The van der Waals surface area contributed by atoms with Gasteiger partial charge in [0.1, 0.15) is 11.9 Å². The van der Waals surface area contributed by atoms with Crippen molar-refractivity contribution in [2.24, 2.45) is 0 Å². The van der Waals surface area contributed by atoms with Gasteiger partial charge in [-0.1, -0.05) is 0 Å². The highest BCUT2D eigenvalue weighted by molar-refractivity contribution is 9.10. The monoisotopic (exact) mass is 281 g/mol. The second kappa shape index (κ2) is 4.81. The van der Waals surface area contributed by atoms with E-state index in [0.29, 0.717) is 11.4 Å². The number of nitrogens with one attached hydrogen (secondary N) is 1. The van der Waals surface area contributed by atoms with Crippen LogP contribution in [0.2, 0.25) is 0 Å². The number of rotatable bonds is 2. The van der Waals surface area contributed by atoms with Crippen LogP contribution in [0, 0.1) is 11.3 Å². The van der Waals surface area contributed by atoms with Gasteiger partial charge < -0.3 is 10.4 Å². The fourth-order valence-corrected chi connectivity index (χ4v) is 2.26. The van der Waals surface area contributed by atoms with Gasteiger partial charge in [0.2, 0.25) is 0 Å². The zero-order chi connectivity index (χ0) is 11.5. The Balaban J connectivity index is 2.18. The summed E-state index contributed by atoms with van der Waals surface area (Å²) in [5.74, 6) is 0.552. The summed E-state index contributed by atoms with van der Waals surface area (Å²) in [4.78, 5) is 4.16. The van der Waals surface area contributed by atoms with Gasteiger partial charge in [-0.25, -0.2) is 4.98 Å². The van der Waals surface area contributed by atoms with Gasteiger partial charge in [0.25, 0.3) is 0 Å². The smallest absolute Gasteiger partial charge is 0.144 e. The lowest BCUT2D eigenvalue weighted by Gasteiger charge is -2.17. The number of nitriles is 1. The molecule has 1 aromatic heterocycles. The molecule has 2 rings (SSSR count). The van der Waals surface area contributed by atoms with Crippen LogP contribution in [0.15, 0.2) is 16.7 Å². The van der Waals surface area contributed by atoms with E-state index in [4.69, 9.17) is 5.26 Å². The molecule has 0 amide bonds. The highest BCUT2D eigenvalue weighted by Gasteiger charge is 2.25. The molecule has 1 aromatic rings. The van der Waals surface area contributed by atoms with Gasteiger partial charge >= 0.3 is 0 Å². The summed E-state index contributed by atoms with van der Waals surface area (Å²) in [6, 6.07) is 3.82. The summed E-state index contributed by atoms with van der Waals surface area (Å²) in [7, 11) is 0. The summed E-state index contributed by atoms with van der Waals surface area (Å²) < 4.78 is 0.779. The molecule has 2 N–H and O–H groups in total. The van der Waals surface area contributed by atoms with E-state index in [1.807, 2.05) is 0 Å². The van der Waals surface area contributed by atoms with Gasteiger partial charge in [-0.3, -0.25) is 0 Å². The largest absolute Gasteiger partial charge is 0.391 e. The fraction of sp³-hybridized carbons (Fsp3) is 0.455. The number of aromatic nitrogens is 1. The van der Waals surface area contributed by atoms with Crippen LogP contribution in [-0.2, 0) is 0 Å². The van der Waals surface area contributed by atoms with E-state index in [1.165, 1.54) is 0 Å². The van der Waals surface area contributed by atoms with Crippen LogP contribution in [0.3, 0.4) is 0 Å². The molecule has 1 aliphatic rings. The molecule has 0 aromatic carbocycles. The third kappa shape index (κ3) is 2.34. The number of hydrogen-bond donors (Lipinski definition) is 2. The van der Waals surface area contributed by atoms with Crippen molar-refractivity contribution in [3.63, 3.8) is 0 Å². The van der Waals surface area contributed by atoms with Crippen LogP contribution >= 0.6 is 15.9 Å². The second-order valence-electron chi connectivity index (χ2n) is 3.91. The molecule has 0 aliphatic heterocycles. The van der Waals surface area contributed by atoms with Gasteiger partial charge in [-0.15, -0.1) is 0 Å². The van der Waals surface area contributed by atoms with E-state index in [0.717, 1.165) is 23.7 Å². The van der Waals surface area contributed by atoms with E-state index >= 15 is 0 Å². The Kier molecular flexibility index (Phi) is 3.42. The highest BCUT2D eigenvalue weighted by Crippen LogP contribution is 2.24. The van der Waals surface area contributed by atoms with Gasteiger partial charge in [0.05, 0.1) is 17.7 Å². The first-order valence-corrected chi connectivity index (χ1v) is 6.00. The predicted octanol–water partition coefficient (Wildman–Crippen LogP) is 2.04. The zero-order valence-electron chi connectivity index (χ0n) is 8.65. The van der Waals surface area contributed by atoms with Crippen molar-refractivity contribution in [3.05, 3.63) is 22.3 Å². The Morgan fingerprint density at radius 3 is 3.00 bits per heavy atom. The maximum Gasteiger partial charge on any atom is 0.144 e. The first-order valence-electron chi connectivity index (χ1n) is 5.21. The Morgan fingerprint density at radius 2 is 2.38 bits per heavy atom. The summed E-state index contributed by atoms with van der Waals surface area (Å²) in [5, 5.41) is 21.8. The van der Waals surface area contributed by atoms with Crippen LogP contribution in [-0.4, -0.2) is 22.2 Å². The van der Waals surface area contributed by atoms with Gasteiger partial charge in [0, 0.05) is 10.7 Å². The summed E-state index contributed by atoms with van der Waals surface area (Å²) in [6.07, 6.45) is 4.05. The molecule has 0 unspecified atom stereocenters. The van der Waals surface area contributed by atoms with E-state index in [2.05, 4.69) is 32.3 Å². The molecule has 1 heterocycles. The van der Waals surface area contributed by atoms with Crippen molar-refractivity contribution >= 4 is 21.7 Å². The van der Waals surface area contributed by atoms with Gasteiger partial charge in [-0.05, 0) is 41.3 Å². The van der Waals surface area contributed by atoms with Crippen LogP contribution in [0.4, 0.5) is 5.82 Å². The molecule has 4 nitrogen and oxygen atoms in total. The SMILES string of the molecule is N#Cc1cc(Br)cnc1N[C@@H]1CCC[C@H]1O. The van der Waals surface area contributed by atoms with Crippen molar-refractivity contribution < 1.29 is 5.11 Å². The normalized spacial score (nSPS) is 24.1. The Bertz CT molecular complexity index is 430. The molecule has 5 heteroatoms. The minimum atomic E-state index is -0.336. The molecule has 2 atom stereocenters. The minimum absolute atomic E-state index is 0.0146. The second-order valence-corrected chi connectivity index (χ2v) is 4.83. The number of halogens is 1. The number of aliphatic hydroxyl groups excluding tert-OH is 1. The number of aliphatic hydroxyl groups is 1. The quantitative estimate of drug-likeness (QED) is 0.871. The molecule has 16 heavy (non-hydrogen) atoms. The van der Waals surface area contributed by atoms with Crippen molar-refractivity contribution in [1.29, 1.82) is 5.26 Å². The maximum atomic E-state index is 9.69. The van der Waals surface area contributed by atoms with E-state index in [9.17, 15) is 5.11 Å². The van der Waals surface area contributed by atoms with Gasteiger partial charge in [0.15, 0.2) is 0 Å². The Hall–Kier alpha value is -1.12. The third-order valence-electron chi connectivity index (χ3n) is 2.78. The van der Waals surface area contributed by atoms with Crippen LogP contribution in [0.5, 0.6) is 0 Å². The molecule has 1 saturated carbocycles. The van der Waals surface area contributed by atoms with Crippen molar-refractivity contribution in [1.82, 2.24) is 4.98 Å². The molecule has 0 saturated heterocycles. The summed E-state index contributed by atoms with van der Waals surface area (Å²) in [6.45, 7) is 0. The fourth-order valence-electron chi connectivity index (χ4n) is 1.92. The number of hydrogen-bond acceptors (Lipinski definition) is 4. The average molecular weight is 282 g/mol. The number of nitrogens with zero attached hydrogens (tertiary/aromatic N) is 2. The average Bonchev–Trinajstić information content (AvgIpc) is 2.67. The standard InChI is InChI=1S/C11H12BrN3O/c12-8-4-7(5-13)11(14-6-8)15-9-2-1-3-10(9)16/h4,6,9-10,16H,1-3H2,(H,14,15)/t9-,10-/m1/s1. The minimum Gasteiger partial charge on any atom is -0.391 e. The highest BCUT2D eigenvalue weighted by atomic mass is 79.9. The molecule has 0 bridgehead atoms. The van der Waals surface area contributed by atoms with Gasteiger partial charge in [-0.2, -0.15) is 5.26 Å². The summed E-state index contributed by atoms with van der Waals surface area (Å²) >= 11 is 3.27. The van der Waals surface area contributed by atoms with Crippen LogP contribution in [0.25, 0.3) is 0 Å². The van der Waals surface area contributed by atoms with Crippen molar-refractivity contribution in [2.45, 2.75) is 31.4 Å². The van der Waals surface area contributed by atoms with E-state index < -0.39 is 0 Å².